The molecule has 0 saturated heterocycles. The number of likely N-dealkylation sites (N-methyl/N-ethyl adjacent to an activating group) is 1. The second-order valence-electron chi connectivity index (χ2n) is 9.80. The molecule has 5 heteroatoms. The molecule has 2 atom stereocenters. The first-order chi connectivity index (χ1) is 18.0. The Balaban J connectivity index is 1.53. The van der Waals surface area contributed by atoms with Crippen LogP contribution in [-0.2, 0) is 29.0 Å². The SMILES string of the molecule is CNC(C)C(=O)NC1CCc2ccccc2N(Cc2cc(Cc3ccccc3)cc3ccccc23)C1=O. The third-order valence-electron chi connectivity index (χ3n) is 7.28. The van der Waals surface area contributed by atoms with Gasteiger partial charge >= 0.3 is 0 Å². The molecule has 37 heavy (non-hydrogen) atoms. The van der Waals surface area contributed by atoms with Crippen LogP contribution in [0.1, 0.15) is 35.6 Å². The van der Waals surface area contributed by atoms with Crippen LogP contribution >= 0.6 is 0 Å². The fourth-order valence-electron chi connectivity index (χ4n) is 5.13. The number of rotatable bonds is 7. The number of para-hydroxylation sites is 1. The number of hydrogen-bond donors (Lipinski definition) is 2. The molecule has 1 aliphatic rings. The largest absolute Gasteiger partial charge is 0.343 e. The van der Waals surface area contributed by atoms with Crippen LogP contribution in [0.25, 0.3) is 10.8 Å². The van der Waals surface area contributed by atoms with Crippen molar-refractivity contribution in [3.63, 3.8) is 0 Å². The monoisotopic (exact) mass is 491 g/mol. The second-order valence-corrected chi connectivity index (χ2v) is 9.80. The topological polar surface area (TPSA) is 61.4 Å². The minimum absolute atomic E-state index is 0.0702. The molecule has 1 heterocycles. The number of carbonyl (C=O) groups excluding carboxylic acids is 2. The molecule has 0 radical (unpaired) electrons. The van der Waals surface area contributed by atoms with Crippen LogP contribution in [0, 0.1) is 0 Å². The van der Waals surface area contributed by atoms with Gasteiger partial charge in [0.2, 0.25) is 11.8 Å². The summed E-state index contributed by atoms with van der Waals surface area (Å²) in [7, 11) is 1.74. The predicted molar refractivity (Wildman–Crippen MR) is 150 cm³/mol. The first-order valence-corrected chi connectivity index (χ1v) is 12.9. The molecule has 0 aliphatic carbocycles. The molecule has 2 unspecified atom stereocenters. The van der Waals surface area contributed by atoms with E-state index in [1.165, 1.54) is 11.1 Å². The molecule has 5 nitrogen and oxygen atoms in total. The predicted octanol–water partition coefficient (Wildman–Crippen LogP) is 5.00. The number of nitrogens with one attached hydrogen (secondary N) is 2. The summed E-state index contributed by atoms with van der Waals surface area (Å²) in [5.41, 5.74) is 5.61. The lowest BCUT2D eigenvalue weighted by Crippen LogP contribution is -2.52. The Kier molecular flexibility index (Phi) is 7.33. The van der Waals surface area contributed by atoms with E-state index in [2.05, 4.69) is 71.3 Å². The number of benzene rings is 4. The van der Waals surface area contributed by atoms with Crippen molar-refractivity contribution in [3.8, 4) is 0 Å². The number of anilines is 1. The fraction of sp³-hybridized carbons (Fsp3) is 0.250. The van der Waals surface area contributed by atoms with Crippen LogP contribution in [-0.4, -0.2) is 30.9 Å². The molecule has 0 saturated carbocycles. The first kappa shape index (κ1) is 24.7. The van der Waals surface area contributed by atoms with E-state index in [1.54, 1.807) is 14.0 Å². The van der Waals surface area contributed by atoms with Crippen molar-refractivity contribution in [1.29, 1.82) is 0 Å². The van der Waals surface area contributed by atoms with Gasteiger partial charge in [-0.05, 0) is 72.3 Å². The van der Waals surface area contributed by atoms with E-state index in [-0.39, 0.29) is 17.9 Å². The van der Waals surface area contributed by atoms with Gasteiger partial charge in [-0.2, -0.15) is 0 Å². The maximum atomic E-state index is 14.0. The van der Waals surface area contributed by atoms with Gasteiger partial charge in [0.15, 0.2) is 0 Å². The lowest BCUT2D eigenvalue weighted by atomic mass is 9.96. The average molecular weight is 492 g/mol. The fourth-order valence-corrected chi connectivity index (χ4v) is 5.13. The summed E-state index contributed by atoms with van der Waals surface area (Å²) in [5.74, 6) is -0.235. The van der Waals surface area contributed by atoms with Crippen molar-refractivity contribution in [1.82, 2.24) is 10.6 Å². The second kappa shape index (κ2) is 11.0. The number of hydrogen-bond acceptors (Lipinski definition) is 3. The Bertz CT molecular complexity index is 1420. The van der Waals surface area contributed by atoms with E-state index >= 15 is 0 Å². The molecule has 0 spiro atoms. The molecular formula is C32H33N3O2. The third kappa shape index (κ3) is 5.42. The minimum Gasteiger partial charge on any atom is -0.343 e. The van der Waals surface area contributed by atoms with E-state index in [9.17, 15) is 9.59 Å². The quantitative estimate of drug-likeness (QED) is 0.382. The molecule has 0 bridgehead atoms. The lowest BCUT2D eigenvalue weighted by Gasteiger charge is -2.28. The van der Waals surface area contributed by atoms with Gasteiger partial charge in [-0.25, -0.2) is 0 Å². The molecule has 2 N–H and O–H groups in total. The van der Waals surface area contributed by atoms with Crippen LogP contribution in [0.2, 0.25) is 0 Å². The van der Waals surface area contributed by atoms with Crippen molar-refractivity contribution < 1.29 is 9.59 Å². The summed E-state index contributed by atoms with van der Waals surface area (Å²) < 4.78 is 0. The third-order valence-corrected chi connectivity index (χ3v) is 7.28. The van der Waals surface area contributed by atoms with Crippen molar-refractivity contribution in [2.24, 2.45) is 0 Å². The summed E-state index contributed by atoms with van der Waals surface area (Å²) in [4.78, 5) is 28.5. The van der Waals surface area contributed by atoms with Crippen molar-refractivity contribution in [2.75, 3.05) is 11.9 Å². The Hall–Kier alpha value is -3.96. The molecule has 0 aromatic heterocycles. The Morgan fingerprint density at radius 2 is 1.68 bits per heavy atom. The molecule has 0 fully saturated rings. The van der Waals surface area contributed by atoms with Gasteiger partial charge in [-0.3, -0.25) is 9.59 Å². The van der Waals surface area contributed by atoms with Gasteiger partial charge in [0.05, 0.1) is 12.6 Å². The van der Waals surface area contributed by atoms with Crippen LogP contribution < -0.4 is 15.5 Å². The van der Waals surface area contributed by atoms with Gasteiger partial charge in [-0.1, -0.05) is 84.9 Å². The summed E-state index contributed by atoms with van der Waals surface area (Å²) in [5, 5.41) is 8.26. The number of nitrogens with zero attached hydrogens (tertiary/aromatic N) is 1. The van der Waals surface area contributed by atoms with E-state index in [0.717, 1.165) is 40.4 Å². The van der Waals surface area contributed by atoms with Gasteiger partial charge in [-0.15, -0.1) is 0 Å². The van der Waals surface area contributed by atoms with Crippen LogP contribution in [0.15, 0.2) is 91.0 Å². The van der Waals surface area contributed by atoms with Gasteiger partial charge < -0.3 is 15.5 Å². The molecule has 1 aliphatic heterocycles. The Morgan fingerprint density at radius 1 is 0.946 bits per heavy atom. The highest BCUT2D eigenvalue weighted by atomic mass is 16.2. The zero-order valence-corrected chi connectivity index (χ0v) is 21.4. The van der Waals surface area contributed by atoms with Gasteiger partial charge in [0.25, 0.3) is 0 Å². The number of carbonyl (C=O) groups is 2. The molecule has 5 rings (SSSR count). The van der Waals surface area contributed by atoms with Crippen LogP contribution in [0.5, 0.6) is 0 Å². The van der Waals surface area contributed by atoms with Gasteiger partial charge in [0.1, 0.15) is 6.04 Å². The average Bonchev–Trinajstić information content (AvgIpc) is 3.05. The van der Waals surface area contributed by atoms with Crippen molar-refractivity contribution >= 4 is 28.3 Å². The normalized spacial score (nSPS) is 16.2. The molecule has 2 amide bonds. The van der Waals surface area contributed by atoms with Crippen molar-refractivity contribution in [2.45, 2.75) is 44.8 Å². The summed E-state index contributed by atoms with van der Waals surface area (Å²) in [6, 6.07) is 30.4. The summed E-state index contributed by atoms with van der Waals surface area (Å²) >= 11 is 0. The van der Waals surface area contributed by atoms with E-state index < -0.39 is 6.04 Å². The maximum absolute atomic E-state index is 14.0. The summed E-state index contributed by atoms with van der Waals surface area (Å²) in [6.45, 7) is 2.24. The first-order valence-electron chi connectivity index (χ1n) is 12.9. The highest BCUT2D eigenvalue weighted by Crippen LogP contribution is 2.31. The maximum Gasteiger partial charge on any atom is 0.249 e. The lowest BCUT2D eigenvalue weighted by molar-refractivity contribution is -0.128. The van der Waals surface area contributed by atoms with Gasteiger partial charge in [0, 0.05) is 5.69 Å². The van der Waals surface area contributed by atoms with Crippen LogP contribution in [0.3, 0.4) is 0 Å². The van der Waals surface area contributed by atoms with E-state index in [0.29, 0.717) is 13.0 Å². The van der Waals surface area contributed by atoms with E-state index in [1.807, 2.05) is 35.2 Å². The minimum atomic E-state index is -0.575. The molecular weight excluding hydrogens is 458 g/mol. The zero-order valence-electron chi connectivity index (χ0n) is 21.4. The summed E-state index contributed by atoms with van der Waals surface area (Å²) in [6.07, 6.45) is 2.12. The molecule has 4 aromatic rings. The number of aryl methyl sites for hydroxylation is 1. The zero-order chi connectivity index (χ0) is 25.8. The van der Waals surface area contributed by atoms with Crippen molar-refractivity contribution in [3.05, 3.63) is 113 Å². The Morgan fingerprint density at radius 3 is 2.49 bits per heavy atom. The van der Waals surface area contributed by atoms with Crippen LogP contribution in [0.4, 0.5) is 5.69 Å². The van der Waals surface area contributed by atoms with E-state index in [4.69, 9.17) is 0 Å². The Labute approximate surface area is 218 Å². The smallest absolute Gasteiger partial charge is 0.249 e. The standard InChI is InChI=1S/C32H33N3O2/c1-22(33-2)31(36)34-29-17-16-25-12-7-9-15-30(25)35(32(29)37)21-27-20-24(18-23-10-4-3-5-11-23)19-26-13-6-8-14-28(26)27/h3-15,19-20,22,29,33H,16-18,21H2,1-2H3,(H,34,36). The molecule has 4 aromatic carbocycles. The number of fused-ring (bicyclic) bond motifs is 2. The highest BCUT2D eigenvalue weighted by Gasteiger charge is 2.32. The number of amides is 2. The highest BCUT2D eigenvalue weighted by molar-refractivity contribution is 6.01. The molecule has 188 valence electrons.